The Bertz CT molecular complexity index is 78.0. The fourth-order valence-corrected chi connectivity index (χ4v) is 1.79. The topological polar surface area (TPSA) is 3.24 Å². The molecule has 0 heterocycles. The van der Waals surface area contributed by atoms with Crippen LogP contribution in [0.4, 0.5) is 0 Å². The minimum absolute atomic E-state index is 0.759. The van der Waals surface area contributed by atoms with Crippen LogP contribution in [-0.4, -0.2) is 28.3 Å². The van der Waals surface area contributed by atoms with E-state index in [0.29, 0.717) is 0 Å². The fraction of sp³-hybridized carbons (Fsp3) is 1.00. The second kappa shape index (κ2) is 6.73. The third-order valence-electron chi connectivity index (χ3n) is 1.22. The molecule has 0 bridgehead atoms. The first-order valence-electron chi connectivity index (χ1n) is 3.60. The highest BCUT2D eigenvalue weighted by molar-refractivity contribution is 14.1. The SMILES string of the molecule is CC(C)CN(CS)CCI. The van der Waals surface area contributed by atoms with Gasteiger partial charge < -0.3 is 0 Å². The van der Waals surface area contributed by atoms with E-state index in [1.165, 1.54) is 17.5 Å². The summed E-state index contributed by atoms with van der Waals surface area (Å²) in [6, 6.07) is 0. The van der Waals surface area contributed by atoms with Crippen LogP contribution in [0.15, 0.2) is 0 Å². The van der Waals surface area contributed by atoms with Crippen molar-refractivity contribution < 1.29 is 0 Å². The molecule has 3 heteroatoms. The van der Waals surface area contributed by atoms with Gasteiger partial charge in [-0.1, -0.05) is 36.4 Å². The van der Waals surface area contributed by atoms with E-state index in [0.717, 1.165) is 11.8 Å². The first-order valence-corrected chi connectivity index (χ1v) is 5.75. The molecule has 62 valence electrons. The van der Waals surface area contributed by atoms with E-state index < -0.39 is 0 Å². The average Bonchev–Trinajstić information content (AvgIpc) is 1.86. The first kappa shape index (κ1) is 11.0. The Morgan fingerprint density at radius 2 is 2.10 bits per heavy atom. The van der Waals surface area contributed by atoms with Gasteiger partial charge in [-0.05, 0) is 5.92 Å². The molecule has 0 rings (SSSR count). The number of alkyl halides is 1. The molecule has 0 unspecified atom stereocenters. The maximum atomic E-state index is 4.25. The summed E-state index contributed by atoms with van der Waals surface area (Å²) < 4.78 is 1.20. The molecule has 0 aliphatic carbocycles. The standard InChI is InChI=1S/C7H16INS/c1-7(2)5-9(6-10)4-3-8/h7,10H,3-6H2,1-2H3. The molecule has 0 N–H and O–H groups in total. The molecule has 0 aliphatic rings. The molecule has 10 heavy (non-hydrogen) atoms. The Balaban J connectivity index is 3.39. The van der Waals surface area contributed by atoms with Crippen molar-refractivity contribution in [1.29, 1.82) is 0 Å². The molecule has 0 fully saturated rings. The van der Waals surface area contributed by atoms with E-state index in [1.807, 2.05) is 0 Å². The zero-order valence-electron chi connectivity index (χ0n) is 6.68. The van der Waals surface area contributed by atoms with Crippen molar-refractivity contribution in [3.05, 3.63) is 0 Å². The third-order valence-corrected chi connectivity index (χ3v) is 2.11. The van der Waals surface area contributed by atoms with Crippen LogP contribution in [0.5, 0.6) is 0 Å². The summed E-state index contributed by atoms with van der Waals surface area (Å²) in [7, 11) is 0. The van der Waals surface area contributed by atoms with E-state index in [-0.39, 0.29) is 0 Å². The van der Waals surface area contributed by atoms with Crippen molar-refractivity contribution in [2.24, 2.45) is 5.92 Å². The second-order valence-corrected chi connectivity index (χ2v) is 4.16. The van der Waals surface area contributed by atoms with Crippen LogP contribution in [0.1, 0.15) is 13.8 Å². The van der Waals surface area contributed by atoms with Gasteiger partial charge in [0.25, 0.3) is 0 Å². The van der Waals surface area contributed by atoms with Crippen LogP contribution in [0.2, 0.25) is 0 Å². The molecule has 0 saturated carbocycles. The maximum Gasteiger partial charge on any atom is 0.0414 e. The van der Waals surface area contributed by atoms with Gasteiger partial charge in [0.2, 0.25) is 0 Å². The Labute approximate surface area is 83.1 Å². The average molecular weight is 273 g/mol. The lowest BCUT2D eigenvalue weighted by Gasteiger charge is -2.20. The zero-order valence-corrected chi connectivity index (χ0v) is 9.73. The fourth-order valence-electron chi connectivity index (χ4n) is 0.856. The van der Waals surface area contributed by atoms with Crippen LogP contribution in [-0.2, 0) is 0 Å². The lowest BCUT2D eigenvalue weighted by atomic mass is 10.2. The van der Waals surface area contributed by atoms with Gasteiger partial charge in [-0.15, -0.1) is 0 Å². The molecule has 0 amide bonds. The number of thiol groups is 1. The van der Waals surface area contributed by atoms with Crippen molar-refractivity contribution in [3.63, 3.8) is 0 Å². The lowest BCUT2D eigenvalue weighted by Crippen LogP contribution is -2.28. The van der Waals surface area contributed by atoms with Gasteiger partial charge in [-0.3, -0.25) is 4.90 Å². The molecule has 1 nitrogen and oxygen atoms in total. The van der Waals surface area contributed by atoms with Gasteiger partial charge >= 0.3 is 0 Å². The number of nitrogens with zero attached hydrogens (tertiary/aromatic N) is 1. The predicted molar refractivity (Wildman–Crippen MR) is 59.2 cm³/mol. The quantitative estimate of drug-likeness (QED) is 0.348. The maximum absolute atomic E-state index is 4.25. The number of hydrogen-bond acceptors (Lipinski definition) is 2. The minimum atomic E-state index is 0.759. The van der Waals surface area contributed by atoms with E-state index >= 15 is 0 Å². The Morgan fingerprint density at radius 3 is 2.40 bits per heavy atom. The predicted octanol–water partition coefficient (Wildman–Crippen LogP) is 2.27. The second-order valence-electron chi connectivity index (χ2n) is 2.80. The molecule has 0 spiro atoms. The molecule has 0 aromatic heterocycles. The highest BCUT2D eigenvalue weighted by Crippen LogP contribution is 2.00. The van der Waals surface area contributed by atoms with Gasteiger partial charge in [-0.2, -0.15) is 12.6 Å². The van der Waals surface area contributed by atoms with Crippen molar-refractivity contribution in [2.45, 2.75) is 13.8 Å². The van der Waals surface area contributed by atoms with Crippen molar-refractivity contribution in [2.75, 3.05) is 23.4 Å². The van der Waals surface area contributed by atoms with Crippen molar-refractivity contribution in [3.8, 4) is 0 Å². The highest BCUT2D eigenvalue weighted by atomic mass is 127. The highest BCUT2D eigenvalue weighted by Gasteiger charge is 2.02. The summed E-state index contributed by atoms with van der Waals surface area (Å²) in [5.74, 6) is 1.65. The summed E-state index contributed by atoms with van der Waals surface area (Å²) >= 11 is 6.64. The molecular formula is C7H16INS. The third kappa shape index (κ3) is 5.80. The molecule has 0 radical (unpaired) electrons. The Kier molecular flexibility index (Phi) is 7.43. The van der Waals surface area contributed by atoms with Crippen LogP contribution in [0.3, 0.4) is 0 Å². The van der Waals surface area contributed by atoms with Crippen molar-refractivity contribution >= 4 is 35.2 Å². The number of halogens is 1. The van der Waals surface area contributed by atoms with Crippen LogP contribution in [0, 0.1) is 5.92 Å². The summed E-state index contributed by atoms with van der Waals surface area (Å²) in [4.78, 5) is 2.36. The largest absolute Gasteiger partial charge is 0.293 e. The van der Waals surface area contributed by atoms with Crippen LogP contribution in [0.25, 0.3) is 0 Å². The Morgan fingerprint density at radius 1 is 1.50 bits per heavy atom. The number of hydrogen-bond donors (Lipinski definition) is 1. The first-order chi connectivity index (χ1) is 4.70. The van der Waals surface area contributed by atoms with Crippen molar-refractivity contribution in [1.82, 2.24) is 4.90 Å². The van der Waals surface area contributed by atoms with Gasteiger partial charge in [0.05, 0.1) is 0 Å². The van der Waals surface area contributed by atoms with Gasteiger partial charge in [0, 0.05) is 23.4 Å². The molecule has 0 aromatic rings. The lowest BCUT2D eigenvalue weighted by molar-refractivity contribution is 0.303. The smallest absolute Gasteiger partial charge is 0.0414 e. The van der Waals surface area contributed by atoms with Gasteiger partial charge in [0.1, 0.15) is 0 Å². The number of rotatable bonds is 5. The van der Waals surface area contributed by atoms with Crippen LogP contribution < -0.4 is 0 Å². The zero-order chi connectivity index (χ0) is 7.98. The summed E-state index contributed by atoms with van der Waals surface area (Å²) in [6.07, 6.45) is 0. The van der Waals surface area contributed by atoms with E-state index in [9.17, 15) is 0 Å². The van der Waals surface area contributed by atoms with Crippen LogP contribution >= 0.6 is 35.2 Å². The van der Waals surface area contributed by atoms with E-state index in [1.54, 1.807) is 0 Å². The van der Waals surface area contributed by atoms with E-state index in [2.05, 4.69) is 54.0 Å². The normalized spacial score (nSPS) is 11.4. The monoisotopic (exact) mass is 273 g/mol. The van der Waals surface area contributed by atoms with Gasteiger partial charge in [0.15, 0.2) is 0 Å². The molecule has 0 aromatic carbocycles. The van der Waals surface area contributed by atoms with Gasteiger partial charge in [-0.25, -0.2) is 0 Å². The summed E-state index contributed by atoms with van der Waals surface area (Å²) in [5.41, 5.74) is 0. The molecular weight excluding hydrogens is 257 g/mol. The molecule has 0 saturated heterocycles. The van der Waals surface area contributed by atoms with E-state index in [4.69, 9.17) is 0 Å². The minimum Gasteiger partial charge on any atom is -0.293 e. The summed E-state index contributed by atoms with van der Waals surface area (Å²) in [6.45, 7) is 6.82. The summed E-state index contributed by atoms with van der Waals surface area (Å²) in [5, 5.41) is 0. The Hall–Kier alpha value is 1.04. The molecule has 0 aliphatic heterocycles. The molecule has 0 atom stereocenters.